The quantitative estimate of drug-likeness (QED) is 0.377. The Morgan fingerprint density at radius 3 is 1.62 bits per heavy atom. The average molecular weight is 190 g/mol. The number of hydrogen-bond acceptors (Lipinski definition) is 4. The first-order chi connectivity index (χ1) is 6.09. The predicted molar refractivity (Wildman–Crippen MR) is 50.6 cm³/mol. The Labute approximate surface area is 79.5 Å². The van der Waals surface area contributed by atoms with Crippen molar-refractivity contribution in [2.75, 3.05) is 34.5 Å². The van der Waals surface area contributed by atoms with Crippen LogP contribution in [0.1, 0.15) is 6.92 Å². The van der Waals surface area contributed by atoms with Gasteiger partial charge in [0, 0.05) is 19.8 Å². The second-order valence-corrected chi connectivity index (χ2v) is 2.26. The zero-order valence-electron chi connectivity index (χ0n) is 8.75. The number of hydrogen-bond donors (Lipinski definition) is 0. The third kappa shape index (κ3) is 14.0. The van der Waals surface area contributed by atoms with Gasteiger partial charge in [-0.05, 0) is 6.92 Å². The number of methoxy groups -OCH3 is 3. The van der Waals surface area contributed by atoms with Gasteiger partial charge in [0.1, 0.15) is 0 Å². The standard InChI is InChI=1S/C5H8O2.C4H10O2/c1-4(2)5(6)7-3;1-5-3-4-6-2/h1H2,2-3H3;3-4H2,1-2H3. The van der Waals surface area contributed by atoms with Crippen LogP contribution in [0.2, 0.25) is 0 Å². The number of esters is 1. The van der Waals surface area contributed by atoms with Crippen molar-refractivity contribution in [2.45, 2.75) is 6.92 Å². The molecule has 0 aromatic carbocycles. The number of carbonyl (C=O) groups excluding carboxylic acids is 1. The Bertz CT molecular complexity index is 139. The Hall–Kier alpha value is -0.870. The molecule has 0 saturated carbocycles. The van der Waals surface area contributed by atoms with E-state index in [2.05, 4.69) is 20.8 Å². The second kappa shape index (κ2) is 11.1. The summed E-state index contributed by atoms with van der Waals surface area (Å²) in [6.07, 6.45) is 0. The molecule has 4 heteroatoms. The second-order valence-electron chi connectivity index (χ2n) is 2.26. The number of rotatable bonds is 4. The molecule has 0 radical (unpaired) electrons. The molecular weight excluding hydrogens is 172 g/mol. The van der Waals surface area contributed by atoms with E-state index in [4.69, 9.17) is 0 Å². The Morgan fingerprint density at radius 1 is 1.15 bits per heavy atom. The summed E-state index contributed by atoms with van der Waals surface area (Å²) in [5.74, 6) is -0.347. The maximum Gasteiger partial charge on any atom is 0.332 e. The van der Waals surface area contributed by atoms with Crippen LogP contribution in [-0.4, -0.2) is 40.5 Å². The van der Waals surface area contributed by atoms with E-state index in [0.717, 1.165) is 0 Å². The van der Waals surface area contributed by atoms with Gasteiger partial charge < -0.3 is 14.2 Å². The predicted octanol–water partition coefficient (Wildman–Crippen LogP) is 1.01. The van der Waals surface area contributed by atoms with Gasteiger partial charge in [0.15, 0.2) is 0 Å². The topological polar surface area (TPSA) is 44.8 Å². The van der Waals surface area contributed by atoms with Gasteiger partial charge in [-0.1, -0.05) is 6.58 Å². The molecule has 0 N–H and O–H groups in total. The molecule has 0 saturated heterocycles. The molecule has 0 aliphatic heterocycles. The molecule has 0 unspecified atom stereocenters. The molecule has 0 atom stereocenters. The van der Waals surface area contributed by atoms with E-state index in [-0.39, 0.29) is 5.97 Å². The highest BCUT2D eigenvalue weighted by molar-refractivity contribution is 5.86. The monoisotopic (exact) mass is 190 g/mol. The van der Waals surface area contributed by atoms with Gasteiger partial charge in [-0.3, -0.25) is 0 Å². The van der Waals surface area contributed by atoms with Crippen molar-refractivity contribution in [2.24, 2.45) is 0 Å². The SMILES string of the molecule is C=C(C)C(=O)OC.COCCOC. The lowest BCUT2D eigenvalue weighted by molar-refractivity contribution is -0.136. The van der Waals surface area contributed by atoms with E-state index < -0.39 is 0 Å². The minimum absolute atomic E-state index is 0.347. The van der Waals surface area contributed by atoms with Gasteiger partial charge in [0.25, 0.3) is 0 Å². The molecule has 0 rings (SSSR count). The number of ether oxygens (including phenoxy) is 3. The van der Waals surface area contributed by atoms with E-state index in [1.54, 1.807) is 21.1 Å². The smallest absolute Gasteiger partial charge is 0.332 e. The highest BCUT2D eigenvalue weighted by Gasteiger charge is 1.95. The van der Waals surface area contributed by atoms with Crippen molar-refractivity contribution in [1.29, 1.82) is 0 Å². The summed E-state index contributed by atoms with van der Waals surface area (Å²) in [6.45, 7) is 6.34. The van der Waals surface area contributed by atoms with E-state index in [0.29, 0.717) is 18.8 Å². The lowest BCUT2D eigenvalue weighted by Crippen LogP contribution is -1.98. The minimum Gasteiger partial charge on any atom is -0.466 e. The first-order valence-corrected chi connectivity index (χ1v) is 3.81. The van der Waals surface area contributed by atoms with Crippen LogP contribution in [0, 0.1) is 0 Å². The van der Waals surface area contributed by atoms with E-state index in [1.165, 1.54) is 7.11 Å². The summed E-state index contributed by atoms with van der Waals surface area (Å²) in [4.78, 5) is 10.2. The Morgan fingerprint density at radius 2 is 1.54 bits per heavy atom. The molecule has 0 aromatic rings. The van der Waals surface area contributed by atoms with Crippen molar-refractivity contribution in [3.8, 4) is 0 Å². The maximum absolute atomic E-state index is 10.2. The molecule has 0 aromatic heterocycles. The van der Waals surface area contributed by atoms with Crippen molar-refractivity contribution < 1.29 is 19.0 Å². The Balaban J connectivity index is 0. The fourth-order valence-corrected chi connectivity index (χ4v) is 0.341. The fraction of sp³-hybridized carbons (Fsp3) is 0.667. The molecule has 0 fully saturated rings. The molecule has 0 amide bonds. The van der Waals surface area contributed by atoms with Crippen LogP contribution in [0.25, 0.3) is 0 Å². The van der Waals surface area contributed by atoms with Gasteiger partial charge in [-0.15, -0.1) is 0 Å². The van der Waals surface area contributed by atoms with Gasteiger partial charge >= 0.3 is 5.97 Å². The molecule has 0 bridgehead atoms. The van der Waals surface area contributed by atoms with Gasteiger partial charge in [0.2, 0.25) is 0 Å². The highest BCUT2D eigenvalue weighted by atomic mass is 16.5. The van der Waals surface area contributed by atoms with Crippen LogP contribution in [-0.2, 0) is 19.0 Å². The maximum atomic E-state index is 10.2. The lowest BCUT2D eigenvalue weighted by Gasteiger charge is -1.91. The number of carbonyl (C=O) groups is 1. The van der Waals surface area contributed by atoms with E-state index >= 15 is 0 Å². The summed E-state index contributed by atoms with van der Waals surface area (Å²) in [6, 6.07) is 0. The molecular formula is C9H18O4. The van der Waals surface area contributed by atoms with Crippen LogP contribution in [0.15, 0.2) is 12.2 Å². The Kier molecular flexibility index (Phi) is 12.5. The summed E-state index contributed by atoms with van der Waals surface area (Å²) >= 11 is 0. The molecule has 4 nitrogen and oxygen atoms in total. The van der Waals surface area contributed by atoms with Crippen molar-refractivity contribution in [3.05, 3.63) is 12.2 Å². The highest BCUT2D eigenvalue weighted by Crippen LogP contribution is 1.87. The van der Waals surface area contributed by atoms with Gasteiger partial charge in [0.05, 0.1) is 20.3 Å². The molecule has 13 heavy (non-hydrogen) atoms. The van der Waals surface area contributed by atoms with Crippen LogP contribution in [0.4, 0.5) is 0 Å². The zero-order chi connectivity index (χ0) is 10.7. The van der Waals surface area contributed by atoms with Gasteiger partial charge in [-0.2, -0.15) is 0 Å². The molecule has 0 aliphatic rings. The van der Waals surface area contributed by atoms with Crippen molar-refractivity contribution >= 4 is 5.97 Å². The third-order valence-corrected chi connectivity index (χ3v) is 1.03. The molecule has 0 aliphatic carbocycles. The van der Waals surface area contributed by atoms with Gasteiger partial charge in [-0.25, -0.2) is 4.79 Å². The molecule has 78 valence electrons. The molecule has 0 spiro atoms. The first-order valence-electron chi connectivity index (χ1n) is 3.81. The normalized spacial score (nSPS) is 8.31. The fourth-order valence-electron chi connectivity index (χ4n) is 0.341. The van der Waals surface area contributed by atoms with Crippen LogP contribution in [0.3, 0.4) is 0 Å². The summed E-state index contributed by atoms with van der Waals surface area (Å²) < 4.78 is 13.6. The van der Waals surface area contributed by atoms with Crippen LogP contribution >= 0.6 is 0 Å². The first kappa shape index (κ1) is 14.6. The van der Waals surface area contributed by atoms with Crippen molar-refractivity contribution in [1.82, 2.24) is 0 Å². The average Bonchev–Trinajstić information content (AvgIpc) is 2.14. The zero-order valence-corrected chi connectivity index (χ0v) is 8.75. The summed E-state index contributed by atoms with van der Waals surface area (Å²) in [5.41, 5.74) is 0.433. The largest absolute Gasteiger partial charge is 0.466 e. The van der Waals surface area contributed by atoms with Crippen LogP contribution in [0.5, 0.6) is 0 Å². The van der Waals surface area contributed by atoms with Crippen molar-refractivity contribution in [3.63, 3.8) is 0 Å². The van der Waals surface area contributed by atoms with Crippen LogP contribution < -0.4 is 0 Å². The third-order valence-electron chi connectivity index (χ3n) is 1.03. The van der Waals surface area contributed by atoms with E-state index in [1.807, 2.05) is 0 Å². The lowest BCUT2D eigenvalue weighted by atomic mass is 10.4. The summed E-state index contributed by atoms with van der Waals surface area (Å²) in [5, 5.41) is 0. The molecule has 0 heterocycles. The minimum atomic E-state index is -0.347. The van der Waals surface area contributed by atoms with E-state index in [9.17, 15) is 4.79 Å². The summed E-state index contributed by atoms with van der Waals surface area (Å²) in [7, 11) is 4.63.